The summed E-state index contributed by atoms with van der Waals surface area (Å²) in [6, 6.07) is 21.8. The van der Waals surface area contributed by atoms with E-state index in [2.05, 4.69) is 4.98 Å². The van der Waals surface area contributed by atoms with E-state index < -0.39 is 0 Å². The molecule has 0 spiro atoms. The Kier molecular flexibility index (Phi) is 6.00. The lowest BCUT2D eigenvalue weighted by molar-refractivity contribution is 0.373. The van der Waals surface area contributed by atoms with Crippen LogP contribution in [0.5, 0.6) is 11.5 Å². The lowest BCUT2D eigenvalue weighted by Gasteiger charge is -2.11. The number of fused-ring (bicyclic) bond motifs is 1. The number of hydrogen-bond acceptors (Lipinski definition) is 4. The fourth-order valence-electron chi connectivity index (χ4n) is 3.07. The maximum atomic E-state index is 13.1. The average molecular weight is 407 g/mol. The minimum Gasteiger partial charge on any atom is -0.504 e. The molecule has 0 atom stereocenters. The van der Waals surface area contributed by atoms with Crippen LogP contribution in [0.25, 0.3) is 28.7 Å². The first kappa shape index (κ1) is 20.2. The minimum absolute atomic E-state index is 0. The molecule has 146 valence electrons. The molecule has 1 aromatic heterocycles. The zero-order chi connectivity index (χ0) is 19.5. The van der Waals surface area contributed by atoms with Crippen molar-refractivity contribution in [2.45, 2.75) is 0 Å². The van der Waals surface area contributed by atoms with Gasteiger partial charge in [-0.05, 0) is 48.0 Å². The van der Waals surface area contributed by atoms with Gasteiger partial charge in [0, 0.05) is 0 Å². The van der Waals surface area contributed by atoms with E-state index >= 15 is 0 Å². The van der Waals surface area contributed by atoms with Crippen molar-refractivity contribution >= 4 is 35.5 Å². The van der Waals surface area contributed by atoms with Crippen LogP contribution in [0.4, 0.5) is 0 Å². The topological polar surface area (TPSA) is 64.3 Å². The standard InChI is InChI=1S/C23H18N2O3.ClH/c1-28-21-13-11-16(15-20(21)26)12-14-22-24-19-10-6-5-9-18(19)23(27)25(22)17-7-3-2-4-8-17;/h2-15,26H,1H3;1H/b14-12+;. The first-order valence-electron chi connectivity index (χ1n) is 8.79. The molecule has 4 rings (SSSR count). The number of benzene rings is 3. The Labute approximate surface area is 174 Å². The molecule has 5 nitrogen and oxygen atoms in total. The number of hydrogen-bond donors (Lipinski definition) is 1. The molecule has 0 fully saturated rings. The van der Waals surface area contributed by atoms with Gasteiger partial charge in [-0.2, -0.15) is 0 Å². The van der Waals surface area contributed by atoms with Crippen molar-refractivity contribution in [2.75, 3.05) is 7.11 Å². The maximum Gasteiger partial charge on any atom is 0.266 e. The lowest BCUT2D eigenvalue weighted by atomic mass is 10.1. The van der Waals surface area contributed by atoms with Gasteiger partial charge in [-0.1, -0.05) is 42.5 Å². The predicted octanol–water partition coefficient (Wildman–Crippen LogP) is 4.69. The molecule has 4 aromatic rings. The van der Waals surface area contributed by atoms with Gasteiger partial charge in [-0.3, -0.25) is 9.36 Å². The van der Waals surface area contributed by atoms with Crippen LogP contribution in [0.3, 0.4) is 0 Å². The number of ether oxygens (including phenoxy) is 1. The van der Waals surface area contributed by atoms with Crippen molar-refractivity contribution in [3.05, 3.63) is 94.5 Å². The molecule has 1 heterocycles. The Morgan fingerprint density at radius 2 is 1.69 bits per heavy atom. The Morgan fingerprint density at radius 3 is 2.41 bits per heavy atom. The van der Waals surface area contributed by atoms with Crippen molar-refractivity contribution in [2.24, 2.45) is 0 Å². The molecule has 0 unspecified atom stereocenters. The second-order valence-electron chi connectivity index (χ2n) is 6.23. The summed E-state index contributed by atoms with van der Waals surface area (Å²) in [4.78, 5) is 17.8. The summed E-state index contributed by atoms with van der Waals surface area (Å²) in [6.45, 7) is 0. The Bertz CT molecular complexity index is 1230. The van der Waals surface area contributed by atoms with Crippen LogP contribution >= 0.6 is 12.4 Å². The summed E-state index contributed by atoms with van der Waals surface area (Å²) >= 11 is 0. The summed E-state index contributed by atoms with van der Waals surface area (Å²) in [7, 11) is 1.50. The van der Waals surface area contributed by atoms with Crippen molar-refractivity contribution < 1.29 is 9.84 Å². The zero-order valence-corrected chi connectivity index (χ0v) is 16.5. The van der Waals surface area contributed by atoms with Crippen LogP contribution in [0.15, 0.2) is 77.6 Å². The fourth-order valence-corrected chi connectivity index (χ4v) is 3.07. The molecule has 0 aliphatic heterocycles. The highest BCUT2D eigenvalue weighted by Gasteiger charge is 2.10. The third kappa shape index (κ3) is 4.00. The van der Waals surface area contributed by atoms with E-state index in [1.807, 2.05) is 54.6 Å². The van der Waals surface area contributed by atoms with E-state index in [4.69, 9.17) is 4.74 Å². The first-order valence-corrected chi connectivity index (χ1v) is 8.79. The number of para-hydroxylation sites is 2. The second kappa shape index (κ2) is 8.63. The Morgan fingerprint density at radius 1 is 0.966 bits per heavy atom. The predicted molar refractivity (Wildman–Crippen MR) is 118 cm³/mol. The van der Waals surface area contributed by atoms with Gasteiger partial charge >= 0.3 is 0 Å². The normalized spacial score (nSPS) is 10.8. The SMILES string of the molecule is COc1ccc(/C=C/c2nc3ccccc3c(=O)n2-c2ccccc2)cc1O.Cl. The largest absolute Gasteiger partial charge is 0.504 e. The first-order chi connectivity index (χ1) is 13.7. The third-order valence-electron chi connectivity index (χ3n) is 4.44. The summed E-state index contributed by atoms with van der Waals surface area (Å²) in [5.74, 6) is 0.962. The monoisotopic (exact) mass is 406 g/mol. The molecule has 0 bridgehead atoms. The highest BCUT2D eigenvalue weighted by molar-refractivity contribution is 5.85. The molecule has 0 aliphatic rings. The van der Waals surface area contributed by atoms with E-state index in [1.54, 1.807) is 34.9 Å². The number of phenols is 1. The molecule has 3 aromatic carbocycles. The summed E-state index contributed by atoms with van der Waals surface area (Å²) < 4.78 is 6.66. The van der Waals surface area contributed by atoms with Crippen LogP contribution < -0.4 is 10.3 Å². The summed E-state index contributed by atoms with van der Waals surface area (Å²) in [5, 5.41) is 10.5. The third-order valence-corrected chi connectivity index (χ3v) is 4.44. The van der Waals surface area contributed by atoms with Crippen LogP contribution in [-0.2, 0) is 0 Å². The molecule has 0 radical (unpaired) electrons. The number of aromatic nitrogens is 2. The molecule has 0 saturated heterocycles. The molecule has 0 saturated carbocycles. The van der Waals surface area contributed by atoms with Gasteiger partial charge in [-0.25, -0.2) is 4.98 Å². The summed E-state index contributed by atoms with van der Waals surface area (Å²) in [6.07, 6.45) is 3.57. The molecule has 0 amide bonds. The smallest absolute Gasteiger partial charge is 0.266 e. The molecular weight excluding hydrogens is 388 g/mol. The van der Waals surface area contributed by atoms with Gasteiger partial charge in [0.15, 0.2) is 11.5 Å². The van der Waals surface area contributed by atoms with Gasteiger partial charge in [0.1, 0.15) is 5.82 Å². The van der Waals surface area contributed by atoms with Crippen molar-refractivity contribution in [3.8, 4) is 17.2 Å². The molecule has 1 N–H and O–H groups in total. The van der Waals surface area contributed by atoms with E-state index in [0.717, 1.165) is 11.3 Å². The lowest BCUT2D eigenvalue weighted by Crippen LogP contribution is -2.22. The van der Waals surface area contributed by atoms with Crippen LogP contribution in [0.1, 0.15) is 11.4 Å². The molecule has 29 heavy (non-hydrogen) atoms. The average Bonchev–Trinajstić information content (AvgIpc) is 2.73. The van der Waals surface area contributed by atoms with E-state index in [-0.39, 0.29) is 23.7 Å². The summed E-state index contributed by atoms with van der Waals surface area (Å²) in [5.41, 5.74) is 2.01. The van der Waals surface area contributed by atoms with E-state index in [9.17, 15) is 9.90 Å². The minimum atomic E-state index is -0.131. The fraction of sp³-hybridized carbons (Fsp3) is 0.0435. The number of nitrogens with zero attached hydrogens (tertiary/aromatic N) is 2. The second-order valence-corrected chi connectivity index (χ2v) is 6.23. The van der Waals surface area contributed by atoms with Gasteiger partial charge < -0.3 is 9.84 Å². The van der Waals surface area contributed by atoms with Crippen LogP contribution in [0, 0.1) is 0 Å². The highest BCUT2D eigenvalue weighted by Crippen LogP contribution is 2.27. The van der Waals surface area contributed by atoms with Gasteiger partial charge in [0.25, 0.3) is 5.56 Å². The van der Waals surface area contributed by atoms with Crippen molar-refractivity contribution in [1.82, 2.24) is 9.55 Å². The van der Waals surface area contributed by atoms with Crippen LogP contribution in [0.2, 0.25) is 0 Å². The number of phenolic OH excluding ortho intramolecular Hbond substituents is 1. The van der Waals surface area contributed by atoms with Crippen LogP contribution in [-0.4, -0.2) is 21.8 Å². The van der Waals surface area contributed by atoms with Gasteiger partial charge in [0.05, 0.1) is 23.7 Å². The van der Waals surface area contributed by atoms with Crippen molar-refractivity contribution in [3.63, 3.8) is 0 Å². The maximum absolute atomic E-state index is 13.1. The Hall–Kier alpha value is -3.57. The number of aromatic hydroxyl groups is 1. The molecule has 0 aliphatic carbocycles. The Balaban J connectivity index is 0.00000240. The van der Waals surface area contributed by atoms with Gasteiger partial charge in [-0.15, -0.1) is 12.4 Å². The zero-order valence-electron chi connectivity index (χ0n) is 15.6. The number of rotatable bonds is 4. The van der Waals surface area contributed by atoms with Gasteiger partial charge in [0.2, 0.25) is 0 Å². The highest BCUT2D eigenvalue weighted by atomic mass is 35.5. The molecule has 6 heteroatoms. The molecular formula is C23H19ClN2O3. The number of methoxy groups -OCH3 is 1. The quantitative estimate of drug-likeness (QED) is 0.534. The van der Waals surface area contributed by atoms with E-state index in [1.165, 1.54) is 7.11 Å². The number of halogens is 1. The van der Waals surface area contributed by atoms with E-state index in [0.29, 0.717) is 22.5 Å². The van der Waals surface area contributed by atoms with Crippen molar-refractivity contribution in [1.29, 1.82) is 0 Å².